The zero-order chi connectivity index (χ0) is 11.8. The largest absolute Gasteiger partial charge is 0.338 e. The first-order valence-electron chi connectivity index (χ1n) is 6.20. The van der Waals surface area contributed by atoms with E-state index in [0.717, 1.165) is 6.42 Å². The molecule has 0 bridgehead atoms. The van der Waals surface area contributed by atoms with E-state index < -0.39 is 0 Å². The predicted octanol–water partition coefficient (Wildman–Crippen LogP) is 4.08. The van der Waals surface area contributed by atoms with Gasteiger partial charge in [0.1, 0.15) is 0 Å². The molecule has 2 aromatic carbocycles. The van der Waals surface area contributed by atoms with Gasteiger partial charge in [0.05, 0.1) is 0 Å². The molecule has 1 heterocycles. The number of benzene rings is 2. The number of rotatable bonds is 1. The monoisotopic (exact) mass is 223 g/mol. The maximum Gasteiger partial charge on any atom is 0.0476 e. The first-order valence-corrected chi connectivity index (χ1v) is 6.20. The Hall–Kier alpha value is -1.76. The van der Waals surface area contributed by atoms with E-state index in [9.17, 15) is 0 Å². The lowest BCUT2D eigenvalue weighted by molar-refractivity contribution is 0.758. The summed E-state index contributed by atoms with van der Waals surface area (Å²) in [6.45, 7) is 4.50. The Labute approximate surface area is 103 Å². The fraction of sp³-hybridized carbons (Fsp3) is 0.250. The molecular formula is C16H17N. The Bertz CT molecular complexity index is 530. The van der Waals surface area contributed by atoms with E-state index in [2.05, 4.69) is 67.3 Å². The third-order valence-corrected chi connectivity index (χ3v) is 3.55. The third kappa shape index (κ3) is 1.62. The van der Waals surface area contributed by atoms with Gasteiger partial charge >= 0.3 is 0 Å². The van der Waals surface area contributed by atoms with Gasteiger partial charge in [-0.2, -0.15) is 0 Å². The van der Waals surface area contributed by atoms with Crippen LogP contribution in [0.2, 0.25) is 0 Å². The molecule has 0 saturated heterocycles. The van der Waals surface area contributed by atoms with Gasteiger partial charge in [0.15, 0.2) is 0 Å². The van der Waals surface area contributed by atoms with E-state index >= 15 is 0 Å². The maximum absolute atomic E-state index is 2.46. The number of fused-ring (bicyclic) bond motifs is 1. The van der Waals surface area contributed by atoms with Crippen LogP contribution >= 0.6 is 0 Å². The second-order valence-corrected chi connectivity index (χ2v) is 4.84. The molecule has 1 aliphatic rings. The summed E-state index contributed by atoms with van der Waals surface area (Å²) in [5.41, 5.74) is 5.55. The summed E-state index contributed by atoms with van der Waals surface area (Å²) in [5, 5.41) is 0. The van der Waals surface area contributed by atoms with E-state index in [4.69, 9.17) is 0 Å². The second-order valence-electron chi connectivity index (χ2n) is 4.84. The molecule has 1 unspecified atom stereocenters. The van der Waals surface area contributed by atoms with Crippen LogP contribution in [0.4, 0.5) is 11.4 Å². The Balaban J connectivity index is 2.14. The molecule has 3 rings (SSSR count). The van der Waals surface area contributed by atoms with Crippen LogP contribution in [0.5, 0.6) is 0 Å². The molecule has 2 aromatic rings. The minimum absolute atomic E-state index is 0.550. The molecule has 1 aliphatic heterocycles. The Morgan fingerprint density at radius 2 is 1.76 bits per heavy atom. The van der Waals surface area contributed by atoms with E-state index in [1.165, 1.54) is 22.5 Å². The summed E-state index contributed by atoms with van der Waals surface area (Å²) < 4.78 is 0. The van der Waals surface area contributed by atoms with E-state index in [-0.39, 0.29) is 0 Å². The minimum Gasteiger partial charge on any atom is -0.338 e. The molecule has 1 nitrogen and oxygen atoms in total. The summed E-state index contributed by atoms with van der Waals surface area (Å²) in [6.07, 6.45) is 1.14. The third-order valence-electron chi connectivity index (χ3n) is 3.55. The van der Waals surface area contributed by atoms with Crippen LogP contribution in [0.15, 0.2) is 48.5 Å². The first kappa shape index (κ1) is 10.4. The quantitative estimate of drug-likeness (QED) is 0.704. The van der Waals surface area contributed by atoms with E-state index in [0.29, 0.717) is 6.04 Å². The second kappa shape index (κ2) is 3.92. The van der Waals surface area contributed by atoms with Crippen LogP contribution in [-0.2, 0) is 6.42 Å². The summed E-state index contributed by atoms with van der Waals surface area (Å²) in [6, 6.07) is 17.8. The van der Waals surface area contributed by atoms with Gasteiger partial charge in [-0.15, -0.1) is 0 Å². The van der Waals surface area contributed by atoms with Crippen LogP contribution in [0.1, 0.15) is 18.1 Å². The van der Waals surface area contributed by atoms with E-state index in [1.807, 2.05) is 0 Å². The van der Waals surface area contributed by atoms with Crippen molar-refractivity contribution in [1.82, 2.24) is 0 Å². The normalized spacial score (nSPS) is 18.2. The lowest BCUT2D eigenvalue weighted by Crippen LogP contribution is -2.24. The van der Waals surface area contributed by atoms with Gasteiger partial charge in [-0.1, -0.05) is 36.4 Å². The average Bonchev–Trinajstić information content (AvgIpc) is 2.68. The van der Waals surface area contributed by atoms with Gasteiger partial charge in [-0.25, -0.2) is 0 Å². The molecule has 0 amide bonds. The number of aryl methyl sites for hydroxylation is 1. The highest BCUT2D eigenvalue weighted by Crippen LogP contribution is 2.40. The van der Waals surface area contributed by atoms with Crippen molar-refractivity contribution in [2.75, 3.05) is 4.90 Å². The van der Waals surface area contributed by atoms with Crippen molar-refractivity contribution in [3.05, 3.63) is 59.7 Å². The minimum atomic E-state index is 0.550. The highest BCUT2D eigenvalue weighted by atomic mass is 15.2. The topological polar surface area (TPSA) is 3.24 Å². The van der Waals surface area contributed by atoms with Crippen molar-refractivity contribution >= 4 is 11.4 Å². The SMILES string of the molecule is Cc1cccc2c1N(c1ccccc1)C(C)C2. The van der Waals surface area contributed by atoms with Gasteiger partial charge in [0, 0.05) is 17.4 Å². The lowest BCUT2D eigenvalue weighted by Gasteiger charge is -2.26. The van der Waals surface area contributed by atoms with Gasteiger partial charge in [0.2, 0.25) is 0 Å². The molecule has 86 valence electrons. The molecule has 0 N–H and O–H groups in total. The highest BCUT2D eigenvalue weighted by molar-refractivity contribution is 5.73. The lowest BCUT2D eigenvalue weighted by atomic mass is 10.1. The van der Waals surface area contributed by atoms with Crippen LogP contribution in [0, 0.1) is 6.92 Å². The predicted molar refractivity (Wildman–Crippen MR) is 72.9 cm³/mol. The summed E-state index contributed by atoms with van der Waals surface area (Å²) in [4.78, 5) is 2.46. The number of hydrogen-bond acceptors (Lipinski definition) is 1. The molecule has 0 fully saturated rings. The molecular weight excluding hydrogens is 206 g/mol. The fourth-order valence-corrected chi connectivity index (χ4v) is 2.83. The van der Waals surface area contributed by atoms with Crippen molar-refractivity contribution in [1.29, 1.82) is 0 Å². The Morgan fingerprint density at radius 3 is 2.53 bits per heavy atom. The number of nitrogens with zero attached hydrogens (tertiary/aromatic N) is 1. The zero-order valence-corrected chi connectivity index (χ0v) is 10.4. The number of para-hydroxylation sites is 2. The summed E-state index contributed by atoms with van der Waals surface area (Å²) in [5.74, 6) is 0. The fourth-order valence-electron chi connectivity index (χ4n) is 2.83. The van der Waals surface area contributed by atoms with Crippen LogP contribution in [0.25, 0.3) is 0 Å². The van der Waals surface area contributed by atoms with Gasteiger partial charge < -0.3 is 4.90 Å². The van der Waals surface area contributed by atoms with E-state index in [1.54, 1.807) is 0 Å². The first-order chi connectivity index (χ1) is 8.27. The maximum atomic E-state index is 2.46. The molecule has 0 saturated carbocycles. The molecule has 0 aromatic heterocycles. The van der Waals surface area contributed by atoms with Crippen LogP contribution in [0.3, 0.4) is 0 Å². The smallest absolute Gasteiger partial charge is 0.0476 e. The highest BCUT2D eigenvalue weighted by Gasteiger charge is 2.27. The molecule has 0 spiro atoms. The van der Waals surface area contributed by atoms with Gasteiger partial charge in [-0.3, -0.25) is 0 Å². The molecule has 1 heteroatoms. The van der Waals surface area contributed by atoms with Crippen LogP contribution < -0.4 is 4.90 Å². The van der Waals surface area contributed by atoms with Crippen molar-refractivity contribution in [2.24, 2.45) is 0 Å². The van der Waals surface area contributed by atoms with Crippen molar-refractivity contribution in [2.45, 2.75) is 26.3 Å². The molecule has 0 radical (unpaired) electrons. The van der Waals surface area contributed by atoms with Crippen molar-refractivity contribution in [3.63, 3.8) is 0 Å². The molecule has 17 heavy (non-hydrogen) atoms. The molecule has 1 atom stereocenters. The zero-order valence-electron chi connectivity index (χ0n) is 10.4. The number of hydrogen-bond donors (Lipinski definition) is 0. The number of anilines is 2. The Morgan fingerprint density at radius 1 is 1.00 bits per heavy atom. The van der Waals surface area contributed by atoms with Crippen molar-refractivity contribution < 1.29 is 0 Å². The molecule has 0 aliphatic carbocycles. The van der Waals surface area contributed by atoms with Gasteiger partial charge in [0.25, 0.3) is 0 Å². The Kier molecular flexibility index (Phi) is 2.40. The standard InChI is InChI=1S/C16H17N/c1-12-7-6-8-14-11-13(2)17(16(12)14)15-9-4-3-5-10-15/h3-10,13H,11H2,1-2H3. The van der Waals surface area contributed by atoms with Crippen LogP contribution in [-0.4, -0.2) is 6.04 Å². The summed E-state index contributed by atoms with van der Waals surface area (Å²) in [7, 11) is 0. The average molecular weight is 223 g/mol. The van der Waals surface area contributed by atoms with Crippen molar-refractivity contribution in [3.8, 4) is 0 Å². The van der Waals surface area contributed by atoms with Gasteiger partial charge in [-0.05, 0) is 43.5 Å². The summed E-state index contributed by atoms with van der Waals surface area (Å²) >= 11 is 0.